The first-order valence-corrected chi connectivity index (χ1v) is 27.4. The average molecular weight is 1130 g/mol. The zero-order valence-electron chi connectivity index (χ0n) is 49.5. The van der Waals surface area contributed by atoms with Crippen LogP contribution in [-0.2, 0) is 43.6 Å². The zero-order chi connectivity index (χ0) is 63.1. The fourth-order valence-electron chi connectivity index (χ4n) is 7.47. The van der Waals surface area contributed by atoms with Gasteiger partial charge in [0.05, 0.1) is 86.7 Å². The lowest BCUT2D eigenvalue weighted by atomic mass is 10.0. The number of carbonyl (C=O) groups is 8. The summed E-state index contributed by atoms with van der Waals surface area (Å²) < 4.78 is 115. The van der Waals surface area contributed by atoms with Crippen LogP contribution in [0.4, 0.5) is 11.4 Å². The second-order valence-electron chi connectivity index (χ2n) is 17.5. The van der Waals surface area contributed by atoms with E-state index in [9.17, 15) is 55.2 Å². The van der Waals surface area contributed by atoms with Crippen molar-refractivity contribution in [2.24, 2.45) is 11.7 Å². The molecule has 6 rings (SSSR count). The molecule has 6 N–H and O–H groups in total. The quantitative estimate of drug-likeness (QED) is 0.0421. The monoisotopic (exact) mass is 1130 g/mol. The summed E-state index contributed by atoms with van der Waals surface area (Å²) in [5, 5.41) is 16.0. The minimum atomic E-state index is -3.71. The Labute approximate surface area is 462 Å². The zero-order valence-corrected chi connectivity index (χ0v) is 45.1. The molecule has 0 saturated heterocycles. The molecule has 0 fully saturated rings. The number of hydrogen-bond acceptors (Lipinski definition) is 18. The molecule has 0 saturated carbocycles. The van der Waals surface area contributed by atoms with E-state index in [0.717, 1.165) is 17.4 Å². The highest BCUT2D eigenvalue weighted by molar-refractivity contribution is 7.90. The van der Waals surface area contributed by atoms with Gasteiger partial charge in [0.25, 0.3) is 11.8 Å². The number of cyclic esters (lactones) is 2. The Morgan fingerprint density at radius 1 is 0.679 bits per heavy atom. The number of anilines is 2. The number of fused-ring (bicyclic) bond motifs is 2. The number of esters is 2. The molecule has 0 aromatic heterocycles. The average Bonchev–Trinajstić information content (AvgIpc) is 3.91. The highest BCUT2D eigenvalue weighted by atomic mass is 32.2. The molecule has 5 amide bonds. The number of carboxylic acids is 1. The van der Waals surface area contributed by atoms with E-state index in [-0.39, 0.29) is 94.0 Å². The van der Waals surface area contributed by atoms with Gasteiger partial charge in [-0.25, -0.2) is 31.2 Å². The predicted octanol–water partition coefficient (Wildman–Crippen LogP) is 5.79. The van der Waals surface area contributed by atoms with E-state index in [0.29, 0.717) is 24.3 Å². The molecular weight excluding hydrogens is 1060 g/mol. The molecule has 3 atom stereocenters. The number of carbonyl (C=O) groups excluding carboxylic acids is 7. The Balaban J connectivity index is 0.000000417. The van der Waals surface area contributed by atoms with E-state index in [1.54, 1.807) is 26.0 Å². The van der Waals surface area contributed by atoms with Gasteiger partial charge in [-0.05, 0) is 85.8 Å². The van der Waals surface area contributed by atoms with Crippen molar-refractivity contribution in [3.8, 4) is 23.0 Å². The normalized spacial score (nSPS) is 14.8. The van der Waals surface area contributed by atoms with Crippen molar-refractivity contribution in [1.29, 1.82) is 0 Å². The van der Waals surface area contributed by atoms with Gasteiger partial charge in [-0.2, -0.15) is 0 Å². The lowest BCUT2D eigenvalue weighted by molar-refractivity contribution is -0.142. The van der Waals surface area contributed by atoms with Gasteiger partial charge in [-0.3, -0.25) is 28.9 Å². The third-order valence-corrected chi connectivity index (χ3v) is 12.3. The van der Waals surface area contributed by atoms with Crippen LogP contribution in [0.5, 0.6) is 23.0 Å². The van der Waals surface area contributed by atoms with Gasteiger partial charge < -0.3 is 50.5 Å². The molecule has 23 nitrogen and oxygen atoms in total. The van der Waals surface area contributed by atoms with Crippen molar-refractivity contribution >= 4 is 78.5 Å². The fourth-order valence-corrected chi connectivity index (χ4v) is 9.23. The molecule has 2 heterocycles. The number of ether oxygens (including phenoxy) is 5. The Kier molecular flexibility index (Phi) is 21.3. The molecule has 78 heavy (non-hydrogen) atoms. The Hall–Kier alpha value is -7.90. The van der Waals surface area contributed by atoms with Crippen LogP contribution < -0.4 is 40.6 Å². The molecular formula is C53H69N5O18S2. The van der Waals surface area contributed by atoms with Crippen LogP contribution in [0.15, 0.2) is 72.8 Å². The van der Waals surface area contributed by atoms with Gasteiger partial charge in [0, 0.05) is 39.3 Å². The summed E-state index contributed by atoms with van der Waals surface area (Å²) in [6.45, 7) is 11.6. The highest BCUT2D eigenvalue weighted by Gasteiger charge is 2.43. The molecule has 0 aliphatic carbocycles. The number of methoxy groups -OCH3 is 2. The van der Waals surface area contributed by atoms with Gasteiger partial charge >= 0.3 is 17.9 Å². The number of amides is 5. The number of aliphatic carboxylic acids is 1. The lowest BCUT2D eigenvalue weighted by Gasteiger charge is -2.27. The number of carboxylic acid groups (broad SMARTS) is 1. The molecule has 25 heteroatoms. The third kappa shape index (κ3) is 19.3. The summed E-state index contributed by atoms with van der Waals surface area (Å²) >= 11 is 0. The van der Waals surface area contributed by atoms with Crippen LogP contribution in [0.1, 0.15) is 135 Å². The maximum absolute atomic E-state index is 13.4. The molecule has 2 aliphatic rings. The van der Waals surface area contributed by atoms with Crippen LogP contribution in [0.25, 0.3) is 0 Å². The van der Waals surface area contributed by atoms with Gasteiger partial charge in [0.2, 0.25) is 17.7 Å². The van der Waals surface area contributed by atoms with Crippen LogP contribution in [0.3, 0.4) is 0 Å². The van der Waals surface area contributed by atoms with Crippen molar-refractivity contribution in [2.75, 3.05) is 61.9 Å². The first-order chi connectivity index (χ1) is 38.3. The van der Waals surface area contributed by atoms with Crippen molar-refractivity contribution in [3.63, 3.8) is 0 Å². The number of sulfone groups is 2. The summed E-state index contributed by atoms with van der Waals surface area (Å²) in [6.07, 6.45) is 2.54. The molecule has 0 spiro atoms. The van der Waals surface area contributed by atoms with Gasteiger partial charge in [-0.15, -0.1) is 0 Å². The van der Waals surface area contributed by atoms with Crippen molar-refractivity contribution in [3.05, 3.63) is 106 Å². The summed E-state index contributed by atoms with van der Waals surface area (Å²) in [5.41, 5.74) is 7.30. The van der Waals surface area contributed by atoms with E-state index in [1.165, 1.54) is 81.4 Å². The smallest absolute Gasteiger partial charge is 0.349 e. The van der Waals surface area contributed by atoms with Crippen molar-refractivity contribution in [1.82, 2.24) is 10.2 Å². The van der Waals surface area contributed by atoms with E-state index < -0.39 is 93.3 Å². The standard InChI is InChI=1S/C22H24N2O7S.C12H19NO4S.C10H7NO4.C8H15NO3.CH4/c1-5-31-19-11-14(9-10-18(19)30-3)17(12-32(4,28)29)24-21(26)15-7-6-8-16(23-13(2)25)20(15)22(24)27;1-4-17-12-7-9(5-6-11(12)16-2)10(13)8-18(3,14)15;1-5(12)11-7-4-2-3-6-8(7)10(14)15-9(6)13;1-5(2)4-7(8(11)12)9-6(3)10;/h6-11,17H,5,12H2,1-4H3,(H,23,25);5-7,10H,4,8,13H2,1-3H3;2-4H,1H3,(H,11,12);5,7H,4H2,1-3H3,(H,9,10)(H,11,12);1H4/t17-;10-;;7-;/m11.0./s1/i3D3;2D3;;;. The second kappa shape index (κ2) is 29.6. The highest BCUT2D eigenvalue weighted by Crippen LogP contribution is 2.39. The molecule has 0 unspecified atom stereocenters. The van der Waals surface area contributed by atoms with Crippen LogP contribution in [-0.4, -0.2) is 132 Å². The Morgan fingerprint density at radius 2 is 1.17 bits per heavy atom. The minimum absolute atomic E-state index is 0. The predicted molar refractivity (Wildman–Crippen MR) is 291 cm³/mol. The lowest BCUT2D eigenvalue weighted by Crippen LogP contribution is -2.40. The van der Waals surface area contributed by atoms with Crippen LogP contribution in [0, 0.1) is 5.92 Å². The van der Waals surface area contributed by atoms with Crippen LogP contribution >= 0.6 is 0 Å². The molecule has 2 aliphatic heterocycles. The largest absolute Gasteiger partial charge is 0.493 e. The Morgan fingerprint density at radius 3 is 1.62 bits per heavy atom. The number of hydrogen-bond donors (Lipinski definition) is 5. The topological polar surface area (TPSA) is 337 Å². The number of rotatable bonds is 19. The van der Waals surface area contributed by atoms with E-state index in [1.807, 2.05) is 13.8 Å². The second-order valence-corrected chi connectivity index (χ2v) is 21.9. The van der Waals surface area contributed by atoms with E-state index in [2.05, 4.69) is 20.7 Å². The number of imide groups is 1. The first kappa shape index (κ1) is 56.3. The number of nitrogens with zero attached hydrogens (tertiary/aromatic N) is 1. The summed E-state index contributed by atoms with van der Waals surface area (Å²) in [4.78, 5) is 93.5. The SMILES string of the molecule is C.CC(=O)N[C@@H](CC(C)C)C(=O)O.CC(=O)Nc1cccc2c1C(=O)OC2=O.[2H]C([2H])([2H])Oc1ccc([C@@H](CS(C)(=O)=O)N2C(=O)c3cccc(NC(C)=O)c3C2=O)cc1OCC.[2H]C([2H])([2H])Oc1ccc([C@H](N)CS(C)(=O)=O)cc1OCC. The molecule has 4 aromatic rings. The maximum atomic E-state index is 13.4. The molecule has 0 radical (unpaired) electrons. The summed E-state index contributed by atoms with van der Waals surface area (Å²) in [6, 6.07) is 14.7. The molecule has 426 valence electrons. The third-order valence-electron chi connectivity index (χ3n) is 10.4. The van der Waals surface area contributed by atoms with Crippen molar-refractivity contribution < 1.29 is 92.2 Å². The minimum Gasteiger partial charge on any atom is -0.493 e. The summed E-state index contributed by atoms with van der Waals surface area (Å²) in [5.74, 6) is -5.30. The number of nitrogens with one attached hydrogen (secondary N) is 3. The van der Waals surface area contributed by atoms with E-state index in [4.69, 9.17) is 38.0 Å². The van der Waals surface area contributed by atoms with Gasteiger partial charge in [0.15, 0.2) is 23.0 Å². The van der Waals surface area contributed by atoms with E-state index >= 15 is 0 Å². The molecule has 0 bridgehead atoms. The maximum Gasteiger partial charge on any atom is 0.349 e. The van der Waals surface area contributed by atoms with Gasteiger partial charge in [-0.1, -0.05) is 45.5 Å². The van der Waals surface area contributed by atoms with Gasteiger partial charge in [0.1, 0.15) is 25.7 Å². The Bertz CT molecular complexity index is 3320. The summed E-state index contributed by atoms with van der Waals surface area (Å²) in [7, 11) is -12.3. The number of benzene rings is 4. The fraction of sp³-hybridized carbons (Fsp3) is 0.396. The molecule has 4 aromatic carbocycles. The first-order valence-electron chi connectivity index (χ1n) is 26.2. The van der Waals surface area contributed by atoms with Crippen LogP contribution in [0.2, 0.25) is 0 Å². The number of nitrogens with two attached hydrogens (primary N) is 1. The van der Waals surface area contributed by atoms with Crippen molar-refractivity contribution in [2.45, 2.75) is 80.4 Å².